The first-order valence-electron chi connectivity index (χ1n) is 5.62. The van der Waals surface area contributed by atoms with E-state index in [0.717, 1.165) is 27.1 Å². The maximum absolute atomic E-state index is 9.30. The third kappa shape index (κ3) is 1.94. The molecule has 1 aromatic carbocycles. The van der Waals surface area contributed by atoms with Crippen molar-refractivity contribution >= 4 is 21.6 Å². The van der Waals surface area contributed by atoms with Gasteiger partial charge in [0.25, 0.3) is 0 Å². The number of imidazole rings is 1. The van der Waals surface area contributed by atoms with E-state index >= 15 is 0 Å². The molecule has 0 aliphatic rings. The van der Waals surface area contributed by atoms with E-state index in [1.165, 1.54) is 0 Å². The van der Waals surface area contributed by atoms with Crippen molar-refractivity contribution in [3.63, 3.8) is 0 Å². The molecule has 3 aromatic rings. The van der Waals surface area contributed by atoms with Gasteiger partial charge in [0, 0.05) is 21.9 Å². The van der Waals surface area contributed by atoms with Gasteiger partial charge in [-0.1, -0.05) is 34.1 Å². The summed E-state index contributed by atoms with van der Waals surface area (Å²) in [6, 6.07) is 13.7. The van der Waals surface area contributed by atoms with Crippen molar-refractivity contribution in [1.82, 2.24) is 9.38 Å². The molecule has 0 unspecified atom stereocenters. The first-order chi connectivity index (χ1) is 8.78. The second-order valence-corrected chi connectivity index (χ2v) is 4.95. The molecule has 2 aromatic heterocycles. The average Bonchev–Trinajstić information content (AvgIpc) is 2.83. The molecule has 18 heavy (non-hydrogen) atoms. The molecule has 4 heteroatoms. The lowest BCUT2D eigenvalue weighted by atomic mass is 10.2. The molecule has 90 valence electrons. The topological polar surface area (TPSA) is 37.5 Å². The summed E-state index contributed by atoms with van der Waals surface area (Å²) in [5.74, 6) is 0. The molecule has 0 bridgehead atoms. The Hall–Kier alpha value is -1.65. The van der Waals surface area contributed by atoms with Gasteiger partial charge >= 0.3 is 0 Å². The minimum atomic E-state index is 0.00742. The molecule has 0 saturated carbocycles. The van der Waals surface area contributed by atoms with Gasteiger partial charge in [-0.25, -0.2) is 4.98 Å². The van der Waals surface area contributed by atoms with Gasteiger partial charge in [0.05, 0.1) is 12.3 Å². The second kappa shape index (κ2) is 4.55. The van der Waals surface area contributed by atoms with E-state index in [4.69, 9.17) is 0 Å². The van der Waals surface area contributed by atoms with Crippen LogP contribution in [0.15, 0.2) is 53.1 Å². The highest BCUT2D eigenvalue weighted by Gasteiger charge is 2.06. The van der Waals surface area contributed by atoms with Crippen molar-refractivity contribution < 1.29 is 5.11 Å². The van der Waals surface area contributed by atoms with Crippen LogP contribution in [0.3, 0.4) is 0 Å². The summed E-state index contributed by atoms with van der Waals surface area (Å²) < 4.78 is 2.96. The number of hydrogen-bond acceptors (Lipinski definition) is 2. The zero-order chi connectivity index (χ0) is 12.5. The largest absolute Gasteiger partial charge is 0.390 e. The maximum Gasteiger partial charge on any atom is 0.137 e. The Labute approximate surface area is 113 Å². The maximum atomic E-state index is 9.30. The van der Waals surface area contributed by atoms with Gasteiger partial charge in [0.15, 0.2) is 0 Å². The van der Waals surface area contributed by atoms with E-state index in [0.29, 0.717) is 0 Å². The molecule has 0 atom stereocenters. The Bertz CT molecular complexity index is 689. The Balaban J connectivity index is 2.16. The van der Waals surface area contributed by atoms with E-state index in [2.05, 4.69) is 20.9 Å². The molecule has 0 spiro atoms. The van der Waals surface area contributed by atoms with E-state index in [1.54, 1.807) is 0 Å². The number of aromatic nitrogens is 2. The Kier molecular flexibility index (Phi) is 2.89. The normalized spacial score (nSPS) is 11.0. The predicted octanol–water partition coefficient (Wildman–Crippen LogP) is 3.26. The molecule has 0 saturated heterocycles. The monoisotopic (exact) mass is 302 g/mol. The smallest absolute Gasteiger partial charge is 0.137 e. The number of hydrogen-bond donors (Lipinski definition) is 1. The number of nitrogens with zero attached hydrogens (tertiary/aromatic N) is 2. The van der Waals surface area contributed by atoms with Crippen LogP contribution < -0.4 is 0 Å². The lowest BCUT2D eigenvalue weighted by molar-refractivity contribution is 0.275. The van der Waals surface area contributed by atoms with Crippen LogP contribution in [-0.4, -0.2) is 14.5 Å². The lowest BCUT2D eigenvalue weighted by Gasteiger charge is -1.99. The highest BCUT2D eigenvalue weighted by molar-refractivity contribution is 9.10. The van der Waals surface area contributed by atoms with Crippen LogP contribution in [0.5, 0.6) is 0 Å². The SMILES string of the molecule is OCc1cccc2nc(-c3ccc(Br)cc3)cn12. The number of halogens is 1. The van der Waals surface area contributed by atoms with Crippen LogP contribution >= 0.6 is 15.9 Å². The van der Waals surface area contributed by atoms with Crippen LogP contribution in [0.25, 0.3) is 16.9 Å². The Morgan fingerprint density at radius 1 is 1.11 bits per heavy atom. The highest BCUT2D eigenvalue weighted by Crippen LogP contribution is 2.22. The average molecular weight is 303 g/mol. The van der Waals surface area contributed by atoms with Gasteiger partial charge in [0.2, 0.25) is 0 Å². The third-order valence-corrected chi connectivity index (χ3v) is 3.41. The fourth-order valence-electron chi connectivity index (χ4n) is 1.96. The highest BCUT2D eigenvalue weighted by atomic mass is 79.9. The van der Waals surface area contributed by atoms with Crippen LogP contribution in [0.1, 0.15) is 5.69 Å². The number of aliphatic hydroxyl groups is 1. The summed E-state index contributed by atoms with van der Waals surface area (Å²) in [5, 5.41) is 9.30. The van der Waals surface area contributed by atoms with Gasteiger partial charge in [0.1, 0.15) is 5.65 Å². The van der Waals surface area contributed by atoms with Crippen LogP contribution in [0, 0.1) is 0 Å². The molecule has 3 nitrogen and oxygen atoms in total. The van der Waals surface area contributed by atoms with Crippen LogP contribution in [0.4, 0.5) is 0 Å². The predicted molar refractivity (Wildman–Crippen MR) is 74.3 cm³/mol. The summed E-state index contributed by atoms with van der Waals surface area (Å²) in [6.07, 6.45) is 1.95. The van der Waals surface area contributed by atoms with Crippen molar-refractivity contribution in [2.45, 2.75) is 6.61 Å². The fourth-order valence-corrected chi connectivity index (χ4v) is 2.22. The molecule has 2 heterocycles. The van der Waals surface area contributed by atoms with Gasteiger partial charge in [-0.2, -0.15) is 0 Å². The molecule has 3 rings (SSSR count). The molecular formula is C14H11BrN2O. The van der Waals surface area contributed by atoms with Gasteiger partial charge in [-0.05, 0) is 24.3 Å². The summed E-state index contributed by atoms with van der Waals surface area (Å²) >= 11 is 3.42. The summed E-state index contributed by atoms with van der Waals surface area (Å²) in [4.78, 5) is 4.56. The minimum Gasteiger partial charge on any atom is -0.390 e. The van der Waals surface area contributed by atoms with E-state index in [-0.39, 0.29) is 6.61 Å². The number of aliphatic hydroxyl groups excluding tert-OH is 1. The van der Waals surface area contributed by atoms with Crippen LogP contribution in [0.2, 0.25) is 0 Å². The van der Waals surface area contributed by atoms with Crippen molar-refractivity contribution in [2.75, 3.05) is 0 Å². The van der Waals surface area contributed by atoms with E-state index in [9.17, 15) is 5.11 Å². The van der Waals surface area contributed by atoms with E-state index in [1.807, 2.05) is 53.1 Å². The van der Waals surface area contributed by atoms with Crippen LogP contribution in [-0.2, 0) is 6.61 Å². The van der Waals surface area contributed by atoms with Gasteiger partial charge in [-0.3, -0.25) is 0 Å². The first kappa shape index (κ1) is 11.4. The third-order valence-electron chi connectivity index (χ3n) is 2.88. The standard InChI is InChI=1S/C14H11BrN2O/c15-11-6-4-10(5-7-11)13-8-17-12(9-18)2-1-3-14(17)16-13/h1-8,18H,9H2. The quantitative estimate of drug-likeness (QED) is 0.789. The van der Waals surface area contributed by atoms with Crippen molar-refractivity contribution in [3.05, 3.63) is 58.8 Å². The second-order valence-electron chi connectivity index (χ2n) is 4.04. The number of pyridine rings is 1. The molecule has 0 radical (unpaired) electrons. The van der Waals surface area contributed by atoms with Gasteiger partial charge < -0.3 is 9.51 Å². The van der Waals surface area contributed by atoms with Crippen molar-refractivity contribution in [1.29, 1.82) is 0 Å². The first-order valence-corrected chi connectivity index (χ1v) is 6.41. The lowest BCUT2D eigenvalue weighted by Crippen LogP contribution is -1.93. The van der Waals surface area contributed by atoms with Crippen molar-refractivity contribution in [2.24, 2.45) is 0 Å². The minimum absolute atomic E-state index is 0.00742. The number of rotatable bonds is 2. The molecule has 0 amide bonds. The summed E-state index contributed by atoms with van der Waals surface area (Å²) in [5.41, 5.74) is 3.65. The fraction of sp³-hybridized carbons (Fsp3) is 0.0714. The summed E-state index contributed by atoms with van der Waals surface area (Å²) in [6.45, 7) is 0.00742. The van der Waals surface area contributed by atoms with E-state index < -0.39 is 0 Å². The molecule has 0 aliphatic carbocycles. The Morgan fingerprint density at radius 3 is 2.61 bits per heavy atom. The van der Waals surface area contributed by atoms with Crippen molar-refractivity contribution in [3.8, 4) is 11.3 Å². The number of fused-ring (bicyclic) bond motifs is 1. The Morgan fingerprint density at radius 2 is 1.89 bits per heavy atom. The molecule has 0 fully saturated rings. The summed E-state index contributed by atoms with van der Waals surface area (Å²) in [7, 11) is 0. The zero-order valence-corrected chi connectivity index (χ0v) is 11.1. The molecule has 0 aliphatic heterocycles. The molecule has 1 N–H and O–H groups in total. The number of benzene rings is 1. The zero-order valence-electron chi connectivity index (χ0n) is 9.55. The van der Waals surface area contributed by atoms with Gasteiger partial charge in [-0.15, -0.1) is 0 Å². The molecular weight excluding hydrogens is 292 g/mol.